The van der Waals surface area contributed by atoms with Gasteiger partial charge in [-0.1, -0.05) is 18.2 Å². The van der Waals surface area contributed by atoms with Gasteiger partial charge >= 0.3 is 5.97 Å². The summed E-state index contributed by atoms with van der Waals surface area (Å²) < 4.78 is 0. The molecule has 1 heterocycles. The van der Waals surface area contributed by atoms with Gasteiger partial charge in [-0.2, -0.15) is 0 Å². The average Bonchev–Trinajstić information content (AvgIpc) is 2.55. The molecule has 0 saturated carbocycles. The molecule has 126 valence electrons. The standard InChI is InChI=1S/C19H17N3O3/c1-12(23)20-13-6-8-14(9-7-13)21-18-10-15(11-19(24)25)22-17-5-3-2-4-16(17)18/h2-10H,11H2,1H3,(H,20,23)(H,21,22)(H,24,25). The van der Waals surface area contributed by atoms with E-state index in [0.717, 1.165) is 22.3 Å². The summed E-state index contributed by atoms with van der Waals surface area (Å²) in [4.78, 5) is 26.5. The molecule has 2 aromatic carbocycles. The van der Waals surface area contributed by atoms with E-state index in [1.165, 1.54) is 6.92 Å². The van der Waals surface area contributed by atoms with Crippen LogP contribution in [0, 0.1) is 0 Å². The number of nitrogens with zero attached hydrogens (tertiary/aromatic N) is 1. The van der Waals surface area contributed by atoms with Crippen molar-refractivity contribution < 1.29 is 14.7 Å². The van der Waals surface area contributed by atoms with Gasteiger partial charge in [-0.15, -0.1) is 0 Å². The molecular formula is C19H17N3O3. The van der Waals surface area contributed by atoms with E-state index in [4.69, 9.17) is 5.11 Å². The number of aromatic nitrogens is 1. The third-order valence-corrected chi connectivity index (χ3v) is 3.59. The Labute approximate surface area is 144 Å². The SMILES string of the molecule is CC(=O)Nc1ccc(Nc2cc(CC(=O)O)nc3ccccc23)cc1. The number of carboxylic acids is 1. The van der Waals surface area contributed by atoms with Gasteiger partial charge in [-0.25, -0.2) is 0 Å². The molecule has 0 fully saturated rings. The number of carbonyl (C=O) groups excluding carboxylic acids is 1. The minimum absolute atomic E-state index is 0.126. The van der Waals surface area contributed by atoms with Crippen LogP contribution in [0.2, 0.25) is 0 Å². The molecule has 0 aliphatic rings. The summed E-state index contributed by atoms with van der Waals surface area (Å²) in [6.07, 6.45) is -0.138. The first-order chi connectivity index (χ1) is 12.0. The Kier molecular flexibility index (Phi) is 4.61. The minimum atomic E-state index is -0.923. The van der Waals surface area contributed by atoms with Gasteiger partial charge in [0.15, 0.2) is 0 Å². The highest BCUT2D eigenvalue weighted by molar-refractivity contribution is 5.94. The number of amides is 1. The first kappa shape index (κ1) is 16.4. The number of anilines is 3. The van der Waals surface area contributed by atoms with Gasteiger partial charge in [0.05, 0.1) is 17.6 Å². The zero-order valence-corrected chi connectivity index (χ0v) is 13.6. The molecule has 3 aromatic rings. The lowest BCUT2D eigenvalue weighted by atomic mass is 10.1. The van der Waals surface area contributed by atoms with E-state index in [2.05, 4.69) is 15.6 Å². The predicted octanol–water partition coefficient (Wildman–Crippen LogP) is 3.56. The molecule has 0 bridgehead atoms. The fraction of sp³-hybridized carbons (Fsp3) is 0.105. The highest BCUT2D eigenvalue weighted by Gasteiger charge is 2.09. The summed E-state index contributed by atoms with van der Waals surface area (Å²) in [6, 6.07) is 16.6. The van der Waals surface area contributed by atoms with Crippen LogP contribution >= 0.6 is 0 Å². The normalized spacial score (nSPS) is 10.4. The fourth-order valence-electron chi connectivity index (χ4n) is 2.57. The lowest BCUT2D eigenvalue weighted by Crippen LogP contribution is -2.05. The summed E-state index contributed by atoms with van der Waals surface area (Å²) >= 11 is 0. The number of rotatable bonds is 5. The van der Waals surface area contributed by atoms with Crippen LogP contribution in [0.15, 0.2) is 54.6 Å². The molecular weight excluding hydrogens is 318 g/mol. The number of hydrogen-bond donors (Lipinski definition) is 3. The molecule has 0 aliphatic carbocycles. The zero-order valence-electron chi connectivity index (χ0n) is 13.6. The first-order valence-corrected chi connectivity index (χ1v) is 7.76. The number of hydrogen-bond acceptors (Lipinski definition) is 4. The Morgan fingerprint density at radius 1 is 1.04 bits per heavy atom. The number of carboxylic acid groups (broad SMARTS) is 1. The van der Waals surface area contributed by atoms with Crippen LogP contribution in [0.3, 0.4) is 0 Å². The highest BCUT2D eigenvalue weighted by Crippen LogP contribution is 2.27. The van der Waals surface area contributed by atoms with Crippen LogP contribution in [-0.4, -0.2) is 22.0 Å². The van der Waals surface area contributed by atoms with Gasteiger partial charge in [0.2, 0.25) is 5.91 Å². The van der Waals surface area contributed by atoms with Crippen molar-refractivity contribution in [2.45, 2.75) is 13.3 Å². The van der Waals surface area contributed by atoms with Crippen molar-refractivity contribution in [3.05, 3.63) is 60.3 Å². The Morgan fingerprint density at radius 2 is 1.72 bits per heavy atom. The molecule has 0 radical (unpaired) electrons. The largest absolute Gasteiger partial charge is 0.481 e. The molecule has 6 heteroatoms. The van der Waals surface area contributed by atoms with Crippen molar-refractivity contribution in [1.29, 1.82) is 0 Å². The van der Waals surface area contributed by atoms with E-state index in [0.29, 0.717) is 11.4 Å². The Balaban J connectivity index is 1.94. The van der Waals surface area contributed by atoms with E-state index in [1.54, 1.807) is 18.2 Å². The van der Waals surface area contributed by atoms with Crippen molar-refractivity contribution in [1.82, 2.24) is 4.98 Å². The second-order valence-corrected chi connectivity index (χ2v) is 5.63. The van der Waals surface area contributed by atoms with Crippen LogP contribution in [0.5, 0.6) is 0 Å². The van der Waals surface area contributed by atoms with Crippen molar-refractivity contribution in [3.63, 3.8) is 0 Å². The molecule has 3 N–H and O–H groups in total. The van der Waals surface area contributed by atoms with Gasteiger partial charge < -0.3 is 15.7 Å². The summed E-state index contributed by atoms with van der Waals surface area (Å²) in [5.41, 5.74) is 3.55. The molecule has 1 aromatic heterocycles. The van der Waals surface area contributed by atoms with Gasteiger partial charge in [0.25, 0.3) is 0 Å². The number of aliphatic carboxylic acids is 1. The lowest BCUT2D eigenvalue weighted by Gasteiger charge is -2.12. The van der Waals surface area contributed by atoms with Crippen molar-refractivity contribution in [3.8, 4) is 0 Å². The number of benzene rings is 2. The maximum atomic E-state index is 11.1. The molecule has 0 spiro atoms. The van der Waals surface area contributed by atoms with E-state index < -0.39 is 5.97 Å². The topological polar surface area (TPSA) is 91.3 Å². The van der Waals surface area contributed by atoms with E-state index in [-0.39, 0.29) is 12.3 Å². The molecule has 25 heavy (non-hydrogen) atoms. The maximum absolute atomic E-state index is 11.1. The number of pyridine rings is 1. The van der Waals surface area contributed by atoms with Crippen LogP contribution in [0.25, 0.3) is 10.9 Å². The average molecular weight is 335 g/mol. The number of para-hydroxylation sites is 1. The third kappa shape index (κ3) is 4.11. The molecule has 6 nitrogen and oxygen atoms in total. The molecule has 0 unspecified atom stereocenters. The second kappa shape index (κ2) is 7.00. The van der Waals surface area contributed by atoms with Crippen molar-refractivity contribution >= 4 is 39.8 Å². The Morgan fingerprint density at radius 3 is 2.40 bits per heavy atom. The number of carbonyl (C=O) groups is 2. The summed E-state index contributed by atoms with van der Waals surface area (Å²) in [5, 5.41) is 15.9. The quantitative estimate of drug-likeness (QED) is 0.663. The lowest BCUT2D eigenvalue weighted by molar-refractivity contribution is -0.136. The second-order valence-electron chi connectivity index (χ2n) is 5.63. The molecule has 1 amide bonds. The van der Waals surface area contributed by atoms with Gasteiger partial charge in [0, 0.05) is 29.4 Å². The highest BCUT2D eigenvalue weighted by atomic mass is 16.4. The Hall–Kier alpha value is -3.41. The number of nitrogens with one attached hydrogen (secondary N) is 2. The predicted molar refractivity (Wildman–Crippen MR) is 97.1 cm³/mol. The molecule has 0 atom stereocenters. The monoisotopic (exact) mass is 335 g/mol. The maximum Gasteiger partial charge on any atom is 0.309 e. The third-order valence-electron chi connectivity index (χ3n) is 3.59. The fourth-order valence-corrected chi connectivity index (χ4v) is 2.57. The molecule has 0 saturated heterocycles. The summed E-state index contributed by atoms with van der Waals surface area (Å²) in [5.74, 6) is -1.05. The van der Waals surface area contributed by atoms with Gasteiger partial charge in [0.1, 0.15) is 0 Å². The van der Waals surface area contributed by atoms with Crippen LogP contribution in [-0.2, 0) is 16.0 Å². The van der Waals surface area contributed by atoms with Gasteiger partial charge in [-0.3, -0.25) is 14.6 Å². The minimum Gasteiger partial charge on any atom is -0.481 e. The summed E-state index contributed by atoms with van der Waals surface area (Å²) in [7, 11) is 0. The smallest absolute Gasteiger partial charge is 0.309 e. The van der Waals surface area contributed by atoms with E-state index in [1.807, 2.05) is 36.4 Å². The van der Waals surface area contributed by atoms with Gasteiger partial charge in [-0.05, 0) is 36.4 Å². The van der Waals surface area contributed by atoms with E-state index >= 15 is 0 Å². The van der Waals surface area contributed by atoms with Crippen LogP contribution < -0.4 is 10.6 Å². The van der Waals surface area contributed by atoms with Crippen molar-refractivity contribution in [2.24, 2.45) is 0 Å². The van der Waals surface area contributed by atoms with E-state index in [9.17, 15) is 9.59 Å². The summed E-state index contributed by atoms with van der Waals surface area (Å²) in [6.45, 7) is 1.46. The van der Waals surface area contributed by atoms with Crippen LogP contribution in [0.1, 0.15) is 12.6 Å². The van der Waals surface area contributed by atoms with Crippen LogP contribution in [0.4, 0.5) is 17.1 Å². The molecule has 0 aliphatic heterocycles. The first-order valence-electron chi connectivity index (χ1n) is 7.76. The number of fused-ring (bicyclic) bond motifs is 1. The Bertz CT molecular complexity index is 936. The molecule has 3 rings (SSSR count). The zero-order chi connectivity index (χ0) is 17.8. The van der Waals surface area contributed by atoms with Crippen molar-refractivity contribution in [2.75, 3.05) is 10.6 Å².